The molecule has 8 heteroatoms. The zero-order valence-electron chi connectivity index (χ0n) is 10.1. The van der Waals surface area contributed by atoms with Crippen molar-refractivity contribution in [2.45, 2.75) is 6.42 Å². The number of methoxy groups -OCH3 is 2. The number of hydrogen-bond donors (Lipinski definition) is 1. The Morgan fingerprint density at radius 1 is 1.00 bits per heavy atom. The summed E-state index contributed by atoms with van der Waals surface area (Å²) in [6.45, 7) is 0.635. The van der Waals surface area contributed by atoms with Gasteiger partial charge in [-0.1, -0.05) is 0 Å². The van der Waals surface area contributed by atoms with Gasteiger partial charge in [0.25, 0.3) is 0 Å². The summed E-state index contributed by atoms with van der Waals surface area (Å²) >= 11 is 11.4. The number of benzene rings is 1. The normalized spacial score (nSPS) is 10.4. The van der Waals surface area contributed by atoms with Gasteiger partial charge in [0.1, 0.15) is 11.5 Å². The molecule has 104 valence electrons. The Bertz CT molecular complexity index is 332. The number of rotatable bonds is 4. The van der Waals surface area contributed by atoms with Crippen LogP contribution in [0.4, 0.5) is 0 Å². The van der Waals surface area contributed by atoms with Crippen molar-refractivity contribution in [1.29, 1.82) is 0 Å². The first-order valence-electron chi connectivity index (χ1n) is 4.97. The summed E-state index contributed by atoms with van der Waals surface area (Å²) in [5, 5.41) is 0. The summed E-state index contributed by atoms with van der Waals surface area (Å²) in [5.41, 5.74) is 6.60. The van der Waals surface area contributed by atoms with Crippen molar-refractivity contribution in [3.05, 3.63) is 23.8 Å². The number of nitrogens with two attached hydrogens (primary N) is 1. The standard InChI is InChI=1S/C10H15NO2.4BrH.Pb/c1-12-9-5-8(3-4-11)6-10(7-9)13-2;;;;;/h5-7H,3-4,11H2,1-2H3;4*1H;/q;;;;;+4/p-4. The average Bonchev–Trinajstić information content (AvgIpc) is 2.26. The molecule has 18 heavy (non-hydrogen) atoms. The number of ether oxygens (including phenoxy) is 2. The van der Waals surface area contributed by atoms with Crippen molar-refractivity contribution in [2.75, 3.05) is 20.8 Å². The van der Waals surface area contributed by atoms with E-state index in [9.17, 15) is 0 Å². The van der Waals surface area contributed by atoms with Gasteiger partial charge in [-0.15, -0.1) is 0 Å². The van der Waals surface area contributed by atoms with Crippen LogP contribution in [0.5, 0.6) is 11.5 Å². The molecule has 3 nitrogen and oxygen atoms in total. The molecule has 0 aromatic heterocycles. The molecule has 0 bridgehead atoms. The Balaban J connectivity index is 0.000000494. The van der Waals surface area contributed by atoms with Crippen LogP contribution >= 0.6 is 47.9 Å². The summed E-state index contributed by atoms with van der Waals surface area (Å²) in [4.78, 5) is 0. The fourth-order valence-corrected chi connectivity index (χ4v) is 1.18. The van der Waals surface area contributed by atoms with Crippen LogP contribution in [0.15, 0.2) is 18.2 Å². The van der Waals surface area contributed by atoms with Crippen LogP contribution < -0.4 is 15.2 Å². The van der Waals surface area contributed by atoms with Crippen LogP contribution in [0.2, 0.25) is 0 Å². The predicted molar refractivity (Wildman–Crippen MR) is 93.8 cm³/mol. The molecular formula is C10H15Br4NO2Pb. The monoisotopic (exact) mass is 705 g/mol. The van der Waals surface area contributed by atoms with E-state index in [0.717, 1.165) is 23.5 Å². The second-order valence-corrected chi connectivity index (χ2v) is 104. The van der Waals surface area contributed by atoms with Crippen molar-refractivity contribution < 1.29 is 9.47 Å². The molecule has 0 amide bonds. The first-order valence-corrected chi connectivity index (χ1v) is 38.7. The number of hydrogen-bond acceptors (Lipinski definition) is 3. The molecule has 0 unspecified atom stereocenters. The van der Waals surface area contributed by atoms with Gasteiger partial charge in [0.05, 0.1) is 14.2 Å². The van der Waals surface area contributed by atoms with Gasteiger partial charge in [0.2, 0.25) is 0 Å². The molecule has 1 aromatic carbocycles. The quantitative estimate of drug-likeness (QED) is 0.478. The van der Waals surface area contributed by atoms with Crippen molar-refractivity contribution in [1.82, 2.24) is 0 Å². The maximum absolute atomic E-state index is 5.46. The van der Waals surface area contributed by atoms with Crippen molar-refractivity contribution in [2.24, 2.45) is 5.73 Å². The van der Waals surface area contributed by atoms with Crippen molar-refractivity contribution >= 4 is 59.5 Å². The summed E-state index contributed by atoms with van der Waals surface area (Å²) in [6, 6.07) is 5.78. The third-order valence-electron chi connectivity index (χ3n) is 1.84. The molecule has 0 saturated carbocycles. The first-order chi connectivity index (χ1) is 8.30. The van der Waals surface area contributed by atoms with E-state index in [4.69, 9.17) is 15.2 Å². The van der Waals surface area contributed by atoms with Crippen molar-refractivity contribution in [3.8, 4) is 11.5 Å². The molecule has 0 atom stereocenters. The zero-order chi connectivity index (χ0) is 14.2. The molecule has 2 N–H and O–H groups in total. The molecule has 1 aromatic rings. The zero-order valence-corrected chi connectivity index (χ0v) is 20.3. The van der Waals surface area contributed by atoms with Crippen LogP contribution in [0.3, 0.4) is 0 Å². The van der Waals surface area contributed by atoms with E-state index in [-0.39, 0.29) is 0 Å². The van der Waals surface area contributed by atoms with Gasteiger partial charge in [-0.2, -0.15) is 0 Å². The third kappa shape index (κ3) is 11.4. The molecule has 0 aliphatic carbocycles. The van der Waals surface area contributed by atoms with Crippen LogP contribution in [-0.2, 0) is 6.42 Å². The SMILES string of the molecule is COc1cc(CCN)cc(OC)c1.[Br][Pb]([Br])([Br])[Br]. The van der Waals surface area contributed by atoms with E-state index in [0.29, 0.717) is 6.54 Å². The Hall–Kier alpha value is 1.62. The molecule has 0 aliphatic rings. The van der Waals surface area contributed by atoms with Gasteiger partial charge in [-0.3, -0.25) is 0 Å². The fourth-order valence-electron chi connectivity index (χ4n) is 1.18. The van der Waals surface area contributed by atoms with E-state index >= 15 is 0 Å². The molecule has 0 heterocycles. The third-order valence-corrected chi connectivity index (χ3v) is 1.84. The Kier molecular flexibility index (Phi) is 11.3. The first kappa shape index (κ1) is 19.6. The van der Waals surface area contributed by atoms with Crippen LogP contribution in [0.1, 0.15) is 5.56 Å². The second-order valence-electron chi connectivity index (χ2n) is 3.19. The van der Waals surface area contributed by atoms with Gasteiger partial charge >= 0.3 is 59.5 Å². The van der Waals surface area contributed by atoms with Gasteiger partial charge < -0.3 is 15.2 Å². The molecule has 0 spiro atoms. The van der Waals surface area contributed by atoms with E-state index in [1.54, 1.807) is 14.2 Å². The van der Waals surface area contributed by atoms with Crippen LogP contribution in [0, 0.1) is 0 Å². The summed E-state index contributed by atoms with van der Waals surface area (Å²) in [7, 11) is 3.28. The summed E-state index contributed by atoms with van der Waals surface area (Å²) in [6.07, 6.45) is 0.841. The van der Waals surface area contributed by atoms with Gasteiger partial charge in [-0.25, -0.2) is 0 Å². The van der Waals surface area contributed by atoms with E-state index in [2.05, 4.69) is 47.9 Å². The van der Waals surface area contributed by atoms with Gasteiger partial charge in [0, 0.05) is 6.07 Å². The van der Waals surface area contributed by atoms with Gasteiger partial charge in [-0.05, 0) is 30.7 Å². The Labute approximate surface area is 135 Å². The Morgan fingerprint density at radius 3 is 1.67 bits per heavy atom. The summed E-state index contributed by atoms with van der Waals surface area (Å²) < 4.78 is 10.2. The average molecular weight is 708 g/mol. The van der Waals surface area contributed by atoms with E-state index < -0.39 is 11.5 Å². The predicted octanol–water partition coefficient (Wildman–Crippen LogP) is 4.21. The summed E-state index contributed by atoms with van der Waals surface area (Å²) in [5.74, 6) is 1.62. The molecule has 0 aliphatic heterocycles. The Morgan fingerprint density at radius 2 is 1.39 bits per heavy atom. The molecule has 0 fully saturated rings. The minimum atomic E-state index is -2.03. The molecule has 1 rings (SSSR count). The van der Waals surface area contributed by atoms with E-state index in [1.165, 1.54) is 0 Å². The minimum absolute atomic E-state index is 0.635. The molecular weight excluding hydrogens is 693 g/mol. The second kappa shape index (κ2) is 10.4. The van der Waals surface area contributed by atoms with Gasteiger partial charge in [0.15, 0.2) is 0 Å². The topological polar surface area (TPSA) is 44.5 Å². The van der Waals surface area contributed by atoms with E-state index in [1.807, 2.05) is 18.2 Å². The maximum atomic E-state index is 5.46. The number of halogens is 4. The fraction of sp³-hybridized carbons (Fsp3) is 0.400. The molecule has 0 saturated heterocycles. The molecule has 0 radical (unpaired) electrons. The van der Waals surface area contributed by atoms with Crippen molar-refractivity contribution in [3.63, 3.8) is 0 Å². The van der Waals surface area contributed by atoms with Crippen LogP contribution in [0.25, 0.3) is 0 Å². The van der Waals surface area contributed by atoms with Crippen LogP contribution in [-0.4, -0.2) is 32.3 Å².